The standard InChI is InChI=1S/C73H62N4O3.C51H40N2O3/c1-51-13-23-56(24-14-51)73(78)57-25-47-70(48-26-57)80-72-12-8-10-69(50-72)77(66-41-37-63(38-42-66)75(60-31-19-54(4)20-32-60)61-33-21-55(5)22-34-61)67-45-43-65(44-46-67)76(68-9-7-11-71(49-68)79-6)64-39-35-62(36-40-64)74(58-27-15-52(2)16-28-58)59-29-17-53(3)18-30-59;1-37-13-15-40(16-14-37)51(54)41-21-31-49(32-22-41)56-50-35-29-47(30-36-50)53(43-11-7-4-8-12-43)45-25-19-39(20-26-45)38-17-23-44(24-18-38)52(42-9-5-3-6-10-42)46-27-33-48(55-2)34-28-46/h7-50H,1-6H3;3-36H,1-2H3. The zero-order valence-electron chi connectivity index (χ0n) is 77.2. The van der Waals surface area contributed by atoms with E-state index in [9.17, 15) is 9.59 Å². The van der Waals surface area contributed by atoms with Crippen LogP contribution in [0.5, 0.6) is 34.5 Å². The molecule has 0 aromatic heterocycles. The molecule has 0 aliphatic heterocycles. The second kappa shape index (κ2) is 41.3. The molecule has 0 amide bonds. The summed E-state index contributed by atoms with van der Waals surface area (Å²) in [5.74, 6) is 4.19. The molecule has 0 saturated heterocycles. The Balaban J connectivity index is 0.000000193. The van der Waals surface area contributed by atoms with E-state index in [1.807, 2.05) is 184 Å². The SMILES string of the molecule is COc1ccc(N(c2ccccc2)c2ccc(-c3ccc(N(c4ccccc4)c4ccc(Oc5ccc(C(=O)c6ccc(C)cc6)cc5)cc4)cc3)cc2)cc1.COc1cccc(N(c2ccc(N(c3ccc(C)cc3)c3ccc(C)cc3)cc2)c2ccc(N(c3ccc(N(c4ccc(C)cc4)c4ccc(C)cc4)cc3)c3cccc(Oc4ccc(C(=O)c5ccc(C)cc5)cc4)c3)cc2)c1. The van der Waals surface area contributed by atoms with Crippen LogP contribution < -0.4 is 48.3 Å². The van der Waals surface area contributed by atoms with Crippen molar-refractivity contribution in [2.24, 2.45) is 0 Å². The van der Waals surface area contributed by atoms with Crippen molar-refractivity contribution in [2.45, 2.75) is 41.5 Å². The summed E-state index contributed by atoms with van der Waals surface area (Å²) < 4.78 is 23.9. The summed E-state index contributed by atoms with van der Waals surface area (Å²) in [4.78, 5) is 39.9. The molecule has 19 rings (SSSR count). The predicted octanol–water partition coefficient (Wildman–Crippen LogP) is 33.8. The molecule has 664 valence electrons. The molecule has 0 bridgehead atoms. The van der Waals surface area contributed by atoms with Gasteiger partial charge in [-0.1, -0.05) is 203 Å². The number of benzene rings is 19. The number of anilines is 18. The molecule has 0 aliphatic carbocycles. The Hall–Kier alpha value is -17.5. The molecule has 19 aromatic rings. The van der Waals surface area contributed by atoms with Crippen molar-refractivity contribution in [1.82, 2.24) is 0 Å². The van der Waals surface area contributed by atoms with Crippen LogP contribution in [0.4, 0.5) is 102 Å². The first-order valence-electron chi connectivity index (χ1n) is 45.5. The Kier molecular flexibility index (Phi) is 27.1. The molecule has 0 aliphatic rings. The summed E-state index contributed by atoms with van der Waals surface area (Å²) in [7, 11) is 3.39. The number of aryl methyl sites for hydroxylation is 6. The van der Waals surface area contributed by atoms with Crippen LogP contribution in [-0.2, 0) is 0 Å². The van der Waals surface area contributed by atoms with Crippen molar-refractivity contribution >= 4 is 114 Å². The molecular weight excluding hydrogens is 1670 g/mol. The third kappa shape index (κ3) is 20.9. The largest absolute Gasteiger partial charge is 0.497 e. The van der Waals surface area contributed by atoms with Crippen LogP contribution in [-0.4, -0.2) is 25.8 Å². The second-order valence-corrected chi connectivity index (χ2v) is 33.7. The Labute approximate surface area is 796 Å². The lowest BCUT2D eigenvalue weighted by molar-refractivity contribution is 0.103. The number of nitrogens with zero attached hydrogens (tertiary/aromatic N) is 6. The van der Waals surface area contributed by atoms with E-state index in [0.29, 0.717) is 45.3 Å². The van der Waals surface area contributed by atoms with Gasteiger partial charge in [0.2, 0.25) is 0 Å². The normalized spacial score (nSPS) is 10.9. The van der Waals surface area contributed by atoms with Crippen LogP contribution in [0.3, 0.4) is 0 Å². The molecule has 0 N–H and O–H groups in total. The highest BCUT2D eigenvalue weighted by Crippen LogP contribution is 2.47. The van der Waals surface area contributed by atoms with E-state index < -0.39 is 0 Å². The summed E-state index contributed by atoms with van der Waals surface area (Å²) in [6.45, 7) is 12.5. The van der Waals surface area contributed by atoms with E-state index in [1.54, 1.807) is 14.2 Å². The minimum Gasteiger partial charge on any atom is -0.497 e. The quantitative estimate of drug-likeness (QED) is 0.0418. The average Bonchev–Trinajstić information content (AvgIpc) is 0.777. The van der Waals surface area contributed by atoms with Crippen LogP contribution >= 0.6 is 0 Å². The highest BCUT2D eigenvalue weighted by Gasteiger charge is 2.24. The van der Waals surface area contributed by atoms with Crippen LogP contribution in [0.15, 0.2) is 473 Å². The maximum Gasteiger partial charge on any atom is 0.193 e. The molecule has 19 aromatic carbocycles. The van der Waals surface area contributed by atoms with Gasteiger partial charge in [-0.05, 0) is 344 Å². The molecule has 0 spiro atoms. The second-order valence-electron chi connectivity index (χ2n) is 33.7. The summed E-state index contributed by atoms with van der Waals surface area (Å²) in [6.07, 6.45) is 0. The minimum absolute atomic E-state index is 0.0104. The van der Waals surface area contributed by atoms with Gasteiger partial charge in [-0.2, -0.15) is 0 Å². The summed E-state index contributed by atoms with van der Waals surface area (Å²) in [5.41, 5.74) is 30.2. The monoisotopic (exact) mass is 1770 g/mol. The third-order valence-corrected chi connectivity index (χ3v) is 24.0. The molecular formula is C124H102N6O6. The maximum atomic E-state index is 13.4. The number of carbonyl (C=O) groups excluding carboxylic acids is 2. The fourth-order valence-electron chi connectivity index (χ4n) is 16.7. The van der Waals surface area contributed by atoms with E-state index in [-0.39, 0.29) is 11.6 Å². The number of rotatable bonds is 29. The van der Waals surface area contributed by atoms with Gasteiger partial charge in [0.15, 0.2) is 11.6 Å². The van der Waals surface area contributed by atoms with Crippen LogP contribution in [0.25, 0.3) is 11.1 Å². The van der Waals surface area contributed by atoms with Gasteiger partial charge in [-0.15, -0.1) is 0 Å². The van der Waals surface area contributed by atoms with Crippen molar-refractivity contribution in [3.63, 3.8) is 0 Å². The van der Waals surface area contributed by atoms with Crippen molar-refractivity contribution in [3.8, 4) is 45.6 Å². The molecule has 0 atom stereocenters. The number of hydrogen-bond donors (Lipinski definition) is 0. The predicted molar refractivity (Wildman–Crippen MR) is 561 cm³/mol. The van der Waals surface area contributed by atoms with Gasteiger partial charge in [-0.25, -0.2) is 0 Å². The number of ketones is 2. The minimum atomic E-state index is -0.0317. The van der Waals surface area contributed by atoms with Gasteiger partial charge in [0.05, 0.1) is 14.2 Å². The van der Waals surface area contributed by atoms with Gasteiger partial charge in [0, 0.05) is 137 Å². The molecule has 12 heteroatoms. The van der Waals surface area contributed by atoms with E-state index in [4.69, 9.17) is 18.9 Å². The molecule has 0 radical (unpaired) electrons. The third-order valence-electron chi connectivity index (χ3n) is 24.0. The first kappa shape index (κ1) is 89.1. The van der Waals surface area contributed by atoms with Gasteiger partial charge < -0.3 is 48.3 Å². The number of methoxy groups -OCH3 is 2. The lowest BCUT2D eigenvalue weighted by atomic mass is 10.0. The van der Waals surface area contributed by atoms with E-state index in [1.165, 1.54) is 22.3 Å². The number of hydrogen-bond acceptors (Lipinski definition) is 12. The van der Waals surface area contributed by atoms with Crippen molar-refractivity contribution in [2.75, 3.05) is 43.6 Å². The summed E-state index contributed by atoms with van der Waals surface area (Å²) in [6, 6.07) is 161. The number of carbonyl (C=O) groups is 2. The zero-order chi connectivity index (χ0) is 93.4. The van der Waals surface area contributed by atoms with E-state index >= 15 is 0 Å². The lowest BCUT2D eigenvalue weighted by Crippen LogP contribution is -2.13. The van der Waals surface area contributed by atoms with Gasteiger partial charge in [0.25, 0.3) is 0 Å². The first-order valence-corrected chi connectivity index (χ1v) is 45.5. The summed E-state index contributed by atoms with van der Waals surface area (Å²) in [5, 5.41) is 0. The van der Waals surface area contributed by atoms with E-state index in [0.717, 1.165) is 136 Å². The van der Waals surface area contributed by atoms with Crippen LogP contribution in [0.1, 0.15) is 65.2 Å². The Morgan fingerprint density at radius 1 is 0.162 bits per heavy atom. The molecule has 0 heterocycles. The number of ether oxygens (including phenoxy) is 4. The molecule has 0 fully saturated rings. The summed E-state index contributed by atoms with van der Waals surface area (Å²) >= 11 is 0. The van der Waals surface area contributed by atoms with Gasteiger partial charge in [-0.3, -0.25) is 9.59 Å². The van der Waals surface area contributed by atoms with Gasteiger partial charge in [0.1, 0.15) is 34.5 Å². The van der Waals surface area contributed by atoms with Crippen molar-refractivity contribution < 1.29 is 28.5 Å². The fourth-order valence-corrected chi connectivity index (χ4v) is 16.7. The zero-order valence-corrected chi connectivity index (χ0v) is 77.2. The Morgan fingerprint density at radius 3 is 0.603 bits per heavy atom. The Bertz CT molecular complexity index is 7130. The number of para-hydroxylation sites is 2. The topological polar surface area (TPSA) is 90.5 Å². The van der Waals surface area contributed by atoms with Gasteiger partial charge >= 0.3 is 0 Å². The molecule has 12 nitrogen and oxygen atoms in total. The molecule has 0 unspecified atom stereocenters. The van der Waals surface area contributed by atoms with Crippen molar-refractivity contribution in [3.05, 3.63) is 529 Å². The van der Waals surface area contributed by atoms with E-state index in [2.05, 4.69) is 360 Å². The fraction of sp³-hybridized carbons (Fsp3) is 0.0645. The Morgan fingerprint density at radius 2 is 0.338 bits per heavy atom. The molecule has 0 saturated carbocycles. The maximum absolute atomic E-state index is 13.4. The van der Waals surface area contributed by atoms with Crippen molar-refractivity contribution in [1.29, 1.82) is 0 Å². The average molecular weight is 1770 g/mol. The first-order chi connectivity index (χ1) is 66.5. The van der Waals surface area contributed by atoms with Crippen LogP contribution in [0.2, 0.25) is 0 Å². The smallest absolute Gasteiger partial charge is 0.193 e. The van der Waals surface area contributed by atoms with Crippen LogP contribution in [0, 0.1) is 41.5 Å². The lowest BCUT2D eigenvalue weighted by Gasteiger charge is -2.30. The highest BCUT2D eigenvalue weighted by atomic mass is 16.5. The highest BCUT2D eigenvalue weighted by molar-refractivity contribution is 6.10. The molecule has 136 heavy (non-hydrogen) atoms.